The maximum Gasteiger partial charge on any atom is 0.323 e. The van der Waals surface area contributed by atoms with Crippen molar-refractivity contribution in [1.29, 1.82) is 0 Å². The molecule has 0 atom stereocenters. The number of urea groups is 1. The highest BCUT2D eigenvalue weighted by molar-refractivity contribution is 7.12. The first-order valence-electron chi connectivity index (χ1n) is 7.02. The van der Waals surface area contributed by atoms with E-state index in [1.165, 1.54) is 17.1 Å². The van der Waals surface area contributed by atoms with Crippen LogP contribution >= 0.6 is 11.5 Å². The molecule has 0 aliphatic rings. The summed E-state index contributed by atoms with van der Waals surface area (Å²) >= 11 is 1.33. The van der Waals surface area contributed by atoms with Crippen LogP contribution in [-0.2, 0) is 0 Å². The van der Waals surface area contributed by atoms with Gasteiger partial charge in [-0.1, -0.05) is 30.5 Å². The summed E-state index contributed by atoms with van der Waals surface area (Å²) in [5, 5.41) is 9.61. The number of nitrogens with one attached hydrogen (secondary N) is 2. The lowest BCUT2D eigenvalue weighted by atomic mass is 10.0. The minimum atomic E-state index is -0.278. The van der Waals surface area contributed by atoms with Crippen molar-refractivity contribution >= 4 is 39.2 Å². The normalized spacial score (nSPS) is 10.9. The molecule has 5 nitrogen and oxygen atoms in total. The molecule has 0 saturated heterocycles. The van der Waals surface area contributed by atoms with Gasteiger partial charge in [0.1, 0.15) is 5.52 Å². The van der Waals surface area contributed by atoms with Crippen molar-refractivity contribution in [2.75, 3.05) is 10.6 Å². The van der Waals surface area contributed by atoms with Crippen LogP contribution in [-0.4, -0.2) is 15.6 Å². The second-order valence-corrected chi connectivity index (χ2v) is 6.10. The smallest absolute Gasteiger partial charge is 0.308 e. The van der Waals surface area contributed by atoms with Gasteiger partial charge in [-0.25, -0.2) is 4.79 Å². The van der Waals surface area contributed by atoms with Crippen molar-refractivity contribution in [3.05, 3.63) is 48.0 Å². The van der Waals surface area contributed by atoms with E-state index in [2.05, 4.69) is 34.1 Å². The number of carbonyl (C=O) groups is 1. The van der Waals surface area contributed by atoms with Gasteiger partial charge in [-0.3, -0.25) is 0 Å². The van der Waals surface area contributed by atoms with E-state index < -0.39 is 0 Å². The third kappa shape index (κ3) is 3.23. The van der Waals surface area contributed by atoms with E-state index in [1.807, 2.05) is 36.4 Å². The van der Waals surface area contributed by atoms with Crippen LogP contribution in [0.1, 0.15) is 25.3 Å². The highest BCUT2D eigenvalue weighted by Gasteiger charge is 2.06. The molecule has 6 heteroatoms. The van der Waals surface area contributed by atoms with E-state index in [0.717, 1.165) is 15.9 Å². The van der Waals surface area contributed by atoms with E-state index in [-0.39, 0.29) is 6.03 Å². The standard InChI is InChI=1S/C16H16N4OS/c1-10(2)11-3-5-12(6-4-11)17-16(21)18-13-7-8-15-14(9-13)19-20-22-15/h3-10H,1-2H3,(H2,17,18,21). The number of fused-ring (bicyclic) bond motifs is 1. The summed E-state index contributed by atoms with van der Waals surface area (Å²) in [7, 11) is 0. The molecule has 2 aromatic carbocycles. The number of carbonyl (C=O) groups excluding carboxylic acids is 1. The van der Waals surface area contributed by atoms with Crippen molar-refractivity contribution < 1.29 is 4.79 Å². The van der Waals surface area contributed by atoms with Gasteiger partial charge in [-0.15, -0.1) is 5.10 Å². The van der Waals surface area contributed by atoms with Gasteiger partial charge in [0.2, 0.25) is 0 Å². The van der Waals surface area contributed by atoms with Gasteiger partial charge < -0.3 is 10.6 Å². The summed E-state index contributed by atoms with van der Waals surface area (Å²) < 4.78 is 4.87. The fourth-order valence-corrected chi connectivity index (χ4v) is 2.64. The Kier molecular flexibility index (Phi) is 4.02. The fraction of sp³-hybridized carbons (Fsp3) is 0.188. The Balaban J connectivity index is 1.66. The van der Waals surface area contributed by atoms with Gasteiger partial charge in [0.05, 0.1) is 4.70 Å². The Bertz CT molecular complexity index is 795. The quantitative estimate of drug-likeness (QED) is 0.750. The predicted molar refractivity (Wildman–Crippen MR) is 90.6 cm³/mol. The molecule has 3 aromatic rings. The summed E-state index contributed by atoms with van der Waals surface area (Å²) in [6, 6.07) is 13.1. The van der Waals surface area contributed by atoms with Crippen LogP contribution in [0.25, 0.3) is 10.2 Å². The summed E-state index contributed by atoms with van der Waals surface area (Å²) in [5.74, 6) is 0.473. The largest absolute Gasteiger partial charge is 0.323 e. The van der Waals surface area contributed by atoms with Crippen molar-refractivity contribution in [2.24, 2.45) is 0 Å². The molecule has 3 rings (SSSR count). The molecule has 0 radical (unpaired) electrons. The number of aromatic nitrogens is 2. The molecule has 1 aromatic heterocycles. The van der Waals surface area contributed by atoms with Crippen LogP contribution in [0.5, 0.6) is 0 Å². The summed E-state index contributed by atoms with van der Waals surface area (Å²) in [6.45, 7) is 4.28. The fourth-order valence-electron chi connectivity index (χ4n) is 2.10. The second kappa shape index (κ2) is 6.11. The Hall–Kier alpha value is -2.47. The van der Waals surface area contributed by atoms with E-state index >= 15 is 0 Å². The van der Waals surface area contributed by atoms with Crippen LogP contribution < -0.4 is 10.6 Å². The number of nitrogens with zero attached hydrogens (tertiary/aromatic N) is 2. The van der Waals surface area contributed by atoms with Crippen LogP contribution in [0.4, 0.5) is 16.2 Å². The van der Waals surface area contributed by atoms with Crippen molar-refractivity contribution in [2.45, 2.75) is 19.8 Å². The van der Waals surface area contributed by atoms with E-state index in [0.29, 0.717) is 11.6 Å². The second-order valence-electron chi connectivity index (χ2n) is 5.31. The summed E-state index contributed by atoms with van der Waals surface area (Å²) in [5.41, 5.74) is 3.48. The van der Waals surface area contributed by atoms with Crippen LogP contribution in [0.2, 0.25) is 0 Å². The maximum atomic E-state index is 12.0. The number of hydrogen-bond acceptors (Lipinski definition) is 4. The first kappa shape index (κ1) is 14.5. The zero-order valence-electron chi connectivity index (χ0n) is 12.3. The average molecular weight is 312 g/mol. The molecule has 112 valence electrons. The molecule has 0 unspecified atom stereocenters. The number of rotatable bonds is 3. The Morgan fingerprint density at radius 1 is 1.05 bits per heavy atom. The lowest BCUT2D eigenvalue weighted by molar-refractivity contribution is 0.262. The zero-order chi connectivity index (χ0) is 15.5. The first-order chi connectivity index (χ1) is 10.6. The molecule has 0 saturated carbocycles. The van der Waals surface area contributed by atoms with E-state index in [4.69, 9.17) is 0 Å². The molecule has 2 N–H and O–H groups in total. The Morgan fingerprint density at radius 3 is 2.45 bits per heavy atom. The molecule has 2 amide bonds. The van der Waals surface area contributed by atoms with Crippen LogP contribution in [0.3, 0.4) is 0 Å². The van der Waals surface area contributed by atoms with Gasteiger partial charge in [-0.2, -0.15) is 0 Å². The molecule has 0 aliphatic heterocycles. The average Bonchev–Trinajstić information content (AvgIpc) is 2.95. The summed E-state index contributed by atoms with van der Waals surface area (Å²) in [4.78, 5) is 12.0. The highest BCUT2D eigenvalue weighted by atomic mass is 32.1. The number of anilines is 2. The molecule has 1 heterocycles. The molecule has 22 heavy (non-hydrogen) atoms. The lowest BCUT2D eigenvalue weighted by Gasteiger charge is -2.09. The number of benzene rings is 2. The SMILES string of the molecule is CC(C)c1ccc(NC(=O)Nc2ccc3snnc3c2)cc1. The van der Waals surface area contributed by atoms with Gasteiger partial charge in [0, 0.05) is 11.4 Å². The van der Waals surface area contributed by atoms with Crippen molar-refractivity contribution in [1.82, 2.24) is 9.59 Å². The van der Waals surface area contributed by atoms with Gasteiger partial charge in [0.25, 0.3) is 0 Å². The van der Waals surface area contributed by atoms with Gasteiger partial charge in [-0.05, 0) is 53.3 Å². The third-order valence-electron chi connectivity index (χ3n) is 3.34. The molecule has 0 fully saturated rings. The van der Waals surface area contributed by atoms with Crippen LogP contribution in [0.15, 0.2) is 42.5 Å². The molecule has 0 spiro atoms. The van der Waals surface area contributed by atoms with Crippen LogP contribution in [0, 0.1) is 0 Å². The van der Waals surface area contributed by atoms with Crippen molar-refractivity contribution in [3.63, 3.8) is 0 Å². The zero-order valence-corrected chi connectivity index (χ0v) is 13.1. The predicted octanol–water partition coefficient (Wildman–Crippen LogP) is 4.46. The lowest BCUT2D eigenvalue weighted by Crippen LogP contribution is -2.19. The third-order valence-corrected chi connectivity index (χ3v) is 4.04. The number of amides is 2. The molecular formula is C16H16N4OS. The minimum absolute atomic E-state index is 0.278. The van der Waals surface area contributed by atoms with E-state index in [1.54, 1.807) is 6.07 Å². The maximum absolute atomic E-state index is 12.0. The monoisotopic (exact) mass is 312 g/mol. The van der Waals surface area contributed by atoms with Gasteiger partial charge >= 0.3 is 6.03 Å². The molecular weight excluding hydrogens is 296 g/mol. The molecule has 0 aliphatic carbocycles. The first-order valence-corrected chi connectivity index (χ1v) is 7.79. The minimum Gasteiger partial charge on any atom is -0.308 e. The van der Waals surface area contributed by atoms with Crippen molar-refractivity contribution in [3.8, 4) is 0 Å². The summed E-state index contributed by atoms with van der Waals surface area (Å²) in [6.07, 6.45) is 0. The topological polar surface area (TPSA) is 66.9 Å². The van der Waals surface area contributed by atoms with Gasteiger partial charge in [0.15, 0.2) is 0 Å². The van der Waals surface area contributed by atoms with E-state index in [9.17, 15) is 4.79 Å². The Labute approximate surface area is 132 Å². The number of hydrogen-bond donors (Lipinski definition) is 2. The highest BCUT2D eigenvalue weighted by Crippen LogP contribution is 2.20. The molecule has 0 bridgehead atoms. The Morgan fingerprint density at radius 2 is 1.73 bits per heavy atom.